The molecular weight excluding hydrogens is 184 g/mol. The zero-order valence-corrected chi connectivity index (χ0v) is 6.61. The van der Waals surface area contributed by atoms with Gasteiger partial charge in [-0.2, -0.15) is 8.78 Å². The monoisotopic (exact) mass is 191 g/mol. The van der Waals surface area contributed by atoms with E-state index in [1.807, 2.05) is 0 Å². The highest BCUT2D eigenvalue weighted by Gasteiger charge is 2.40. The number of benzene rings is 1. The maximum Gasteiger partial charge on any atom is 0.311 e. The largest absolute Gasteiger partial charge is 0.311 e. The predicted molar refractivity (Wildman–Crippen MR) is 39.9 cm³/mol. The average Bonchev–Trinajstić information content (AvgIpc) is 2.05. The van der Waals surface area contributed by atoms with Crippen LogP contribution < -0.4 is 0 Å². The topological polar surface area (TPSA) is 0 Å². The first kappa shape index (κ1) is 10.0. The summed E-state index contributed by atoms with van der Waals surface area (Å²) >= 11 is 0. The molecular formula is C9H7F4. The lowest BCUT2D eigenvalue weighted by Gasteiger charge is -2.14. The van der Waals surface area contributed by atoms with Crippen molar-refractivity contribution in [2.45, 2.75) is 18.8 Å². The summed E-state index contributed by atoms with van der Waals surface area (Å²) in [5, 5.41) is 0. The van der Waals surface area contributed by atoms with Gasteiger partial charge in [0.15, 0.2) is 0 Å². The van der Waals surface area contributed by atoms with E-state index in [0.717, 1.165) is 0 Å². The Morgan fingerprint density at radius 2 is 2.08 bits per heavy atom. The lowest BCUT2D eigenvalue weighted by atomic mass is 10.1. The van der Waals surface area contributed by atoms with Crippen molar-refractivity contribution in [2.75, 3.05) is 0 Å². The number of alkyl halides is 4. The van der Waals surface area contributed by atoms with E-state index < -0.39 is 18.8 Å². The molecule has 13 heavy (non-hydrogen) atoms. The van der Waals surface area contributed by atoms with Crippen LogP contribution in [0.25, 0.3) is 0 Å². The van der Waals surface area contributed by atoms with Crippen molar-refractivity contribution < 1.29 is 17.6 Å². The van der Waals surface area contributed by atoms with Crippen LogP contribution in [-0.4, -0.2) is 12.3 Å². The molecule has 1 radical (unpaired) electrons. The maximum absolute atomic E-state index is 12.5. The van der Waals surface area contributed by atoms with E-state index in [2.05, 4.69) is 6.07 Å². The van der Waals surface area contributed by atoms with Crippen LogP contribution in [0.15, 0.2) is 24.3 Å². The van der Waals surface area contributed by atoms with E-state index in [4.69, 9.17) is 0 Å². The van der Waals surface area contributed by atoms with Crippen molar-refractivity contribution in [3.8, 4) is 0 Å². The second kappa shape index (κ2) is 3.77. The van der Waals surface area contributed by atoms with Crippen molar-refractivity contribution in [1.29, 1.82) is 0 Å². The molecule has 0 nitrogen and oxygen atoms in total. The number of halogens is 4. The second-order valence-electron chi connectivity index (χ2n) is 2.65. The van der Waals surface area contributed by atoms with Crippen molar-refractivity contribution in [1.82, 2.24) is 0 Å². The fraction of sp³-hybridized carbons (Fsp3) is 0.333. The van der Waals surface area contributed by atoms with Crippen LogP contribution in [0.5, 0.6) is 0 Å². The Hall–Kier alpha value is -1.06. The second-order valence-corrected chi connectivity index (χ2v) is 2.65. The van der Waals surface area contributed by atoms with Crippen LogP contribution in [0.4, 0.5) is 17.6 Å². The molecule has 0 unspecified atom stereocenters. The maximum atomic E-state index is 12.5. The molecule has 0 saturated heterocycles. The van der Waals surface area contributed by atoms with Gasteiger partial charge in [-0.15, -0.1) is 0 Å². The molecule has 4 heteroatoms. The Bertz CT molecular complexity index is 256. The van der Waals surface area contributed by atoms with Crippen LogP contribution in [0, 0.1) is 6.07 Å². The smallest absolute Gasteiger partial charge is 0.204 e. The summed E-state index contributed by atoms with van der Waals surface area (Å²) in [6.45, 7) is 0. The normalized spacial score (nSPS) is 12.1. The van der Waals surface area contributed by atoms with Gasteiger partial charge in [-0.1, -0.05) is 24.3 Å². The molecule has 0 atom stereocenters. The van der Waals surface area contributed by atoms with E-state index in [1.54, 1.807) is 0 Å². The lowest BCUT2D eigenvalue weighted by Crippen LogP contribution is -2.29. The molecule has 0 aromatic heterocycles. The highest BCUT2D eigenvalue weighted by atomic mass is 19.3. The first-order chi connectivity index (χ1) is 6.02. The highest BCUT2D eigenvalue weighted by molar-refractivity contribution is 5.15. The number of rotatable bonds is 3. The Morgan fingerprint density at radius 3 is 2.54 bits per heavy atom. The minimum absolute atomic E-state index is 0.160. The van der Waals surface area contributed by atoms with E-state index >= 15 is 0 Å². The predicted octanol–water partition coefficient (Wildman–Crippen LogP) is 2.93. The van der Waals surface area contributed by atoms with E-state index in [1.165, 1.54) is 24.3 Å². The highest BCUT2D eigenvalue weighted by Crippen LogP contribution is 2.26. The van der Waals surface area contributed by atoms with Gasteiger partial charge >= 0.3 is 12.3 Å². The molecule has 0 saturated carbocycles. The lowest BCUT2D eigenvalue weighted by molar-refractivity contribution is -0.127. The van der Waals surface area contributed by atoms with E-state index in [0.29, 0.717) is 0 Å². The van der Waals surface area contributed by atoms with Gasteiger partial charge in [-0.25, -0.2) is 8.78 Å². The molecule has 0 aliphatic carbocycles. The van der Waals surface area contributed by atoms with E-state index in [-0.39, 0.29) is 5.56 Å². The zero-order chi connectivity index (χ0) is 9.90. The zero-order valence-electron chi connectivity index (χ0n) is 6.61. The molecule has 0 spiro atoms. The summed E-state index contributed by atoms with van der Waals surface area (Å²) in [5.41, 5.74) is 0.160. The standard InChI is InChI=1S/C9H7F4/c10-8(11)9(12,13)6-7-4-2-1-3-5-7/h1-2,4-5,8H,6H2. The van der Waals surface area contributed by atoms with Crippen molar-refractivity contribution >= 4 is 0 Å². The summed E-state index contributed by atoms with van der Waals surface area (Å²) in [4.78, 5) is 0. The molecule has 1 aromatic carbocycles. The van der Waals surface area contributed by atoms with Gasteiger partial charge in [-0.05, 0) is 11.6 Å². The van der Waals surface area contributed by atoms with Gasteiger partial charge in [0.1, 0.15) is 0 Å². The Labute approximate surface area is 73.2 Å². The Kier molecular flexibility index (Phi) is 2.90. The third-order valence-electron chi connectivity index (χ3n) is 1.53. The molecule has 0 aliphatic heterocycles. The summed E-state index contributed by atoms with van der Waals surface area (Å²) in [5.74, 6) is -3.95. The van der Waals surface area contributed by atoms with Gasteiger partial charge < -0.3 is 0 Å². The number of hydrogen-bond donors (Lipinski definition) is 0. The summed E-state index contributed by atoms with van der Waals surface area (Å²) in [6.07, 6.45) is -4.56. The first-order valence-corrected chi connectivity index (χ1v) is 3.63. The van der Waals surface area contributed by atoms with Crippen molar-refractivity contribution in [2.24, 2.45) is 0 Å². The summed E-state index contributed by atoms with van der Waals surface area (Å²) in [7, 11) is 0. The minimum atomic E-state index is -3.95. The summed E-state index contributed by atoms with van der Waals surface area (Å²) < 4.78 is 48.4. The van der Waals surface area contributed by atoms with Crippen LogP contribution >= 0.6 is 0 Å². The molecule has 0 heterocycles. The molecule has 0 amide bonds. The third kappa shape index (κ3) is 2.72. The molecule has 0 fully saturated rings. The van der Waals surface area contributed by atoms with Crippen molar-refractivity contribution in [3.63, 3.8) is 0 Å². The van der Waals surface area contributed by atoms with Crippen molar-refractivity contribution in [3.05, 3.63) is 35.9 Å². The molecule has 71 valence electrons. The van der Waals surface area contributed by atoms with Gasteiger partial charge in [0.25, 0.3) is 0 Å². The van der Waals surface area contributed by atoms with Gasteiger partial charge in [-0.3, -0.25) is 0 Å². The van der Waals surface area contributed by atoms with Crippen LogP contribution in [-0.2, 0) is 6.42 Å². The van der Waals surface area contributed by atoms with Crippen LogP contribution in [0.2, 0.25) is 0 Å². The van der Waals surface area contributed by atoms with Crippen LogP contribution in [0.3, 0.4) is 0 Å². The fourth-order valence-electron chi connectivity index (χ4n) is 0.890. The van der Waals surface area contributed by atoms with Gasteiger partial charge in [0.05, 0.1) is 0 Å². The molecule has 1 rings (SSSR count). The number of hydrogen-bond acceptors (Lipinski definition) is 0. The average molecular weight is 191 g/mol. The first-order valence-electron chi connectivity index (χ1n) is 3.63. The quantitative estimate of drug-likeness (QED) is 0.644. The third-order valence-corrected chi connectivity index (χ3v) is 1.53. The molecule has 1 aromatic rings. The van der Waals surface area contributed by atoms with Crippen LogP contribution in [0.1, 0.15) is 5.56 Å². The Morgan fingerprint density at radius 1 is 1.38 bits per heavy atom. The molecule has 0 bridgehead atoms. The summed E-state index contributed by atoms with van der Waals surface area (Å²) in [6, 6.07) is 8.19. The fourth-order valence-corrected chi connectivity index (χ4v) is 0.890. The molecule has 0 aliphatic rings. The molecule has 0 N–H and O–H groups in total. The van der Waals surface area contributed by atoms with E-state index in [9.17, 15) is 17.6 Å². The Balaban J connectivity index is 2.69. The van der Waals surface area contributed by atoms with Gasteiger partial charge in [0, 0.05) is 6.42 Å². The SMILES string of the molecule is FC(F)C(F)(F)Cc1c[c]ccc1. The minimum Gasteiger partial charge on any atom is -0.204 e. The van der Waals surface area contributed by atoms with Gasteiger partial charge in [0.2, 0.25) is 0 Å².